The minimum Gasteiger partial charge on any atom is -0.373 e. The summed E-state index contributed by atoms with van der Waals surface area (Å²) in [5.74, 6) is -1.26. The van der Waals surface area contributed by atoms with Crippen molar-refractivity contribution in [3.8, 4) is 0 Å². The number of hydrogen-bond acceptors (Lipinski definition) is 5. The van der Waals surface area contributed by atoms with Crippen molar-refractivity contribution in [2.24, 2.45) is 0 Å². The highest BCUT2D eigenvalue weighted by atomic mass is 19.1. The SMILES string of the molecule is Cc1cnn(C[C@@H]2CN(C(=O)c3ccc(F)cc3[N+](=O)[O-])CCO2)c1. The zero-order chi connectivity index (χ0) is 18.0. The Morgan fingerprint density at radius 2 is 2.32 bits per heavy atom. The van der Waals surface area contributed by atoms with Crippen LogP contribution in [0.1, 0.15) is 15.9 Å². The van der Waals surface area contributed by atoms with Crippen LogP contribution >= 0.6 is 0 Å². The van der Waals surface area contributed by atoms with Gasteiger partial charge in [-0.3, -0.25) is 19.6 Å². The fourth-order valence-corrected chi connectivity index (χ4v) is 2.80. The van der Waals surface area contributed by atoms with E-state index in [0.29, 0.717) is 19.7 Å². The van der Waals surface area contributed by atoms with Crippen molar-refractivity contribution in [1.82, 2.24) is 14.7 Å². The van der Waals surface area contributed by atoms with Gasteiger partial charge < -0.3 is 9.64 Å². The lowest BCUT2D eigenvalue weighted by molar-refractivity contribution is -0.385. The number of carbonyl (C=O) groups excluding carboxylic acids is 1. The molecular weight excluding hydrogens is 331 g/mol. The molecule has 2 heterocycles. The summed E-state index contributed by atoms with van der Waals surface area (Å²) in [7, 11) is 0. The number of nitro benzene ring substituents is 1. The van der Waals surface area contributed by atoms with E-state index in [0.717, 1.165) is 23.8 Å². The number of ether oxygens (including phenoxy) is 1. The summed E-state index contributed by atoms with van der Waals surface area (Å²) in [6.45, 7) is 3.33. The lowest BCUT2D eigenvalue weighted by Crippen LogP contribution is -2.47. The van der Waals surface area contributed by atoms with Crippen LogP contribution in [-0.2, 0) is 11.3 Å². The largest absolute Gasteiger partial charge is 0.373 e. The zero-order valence-electron chi connectivity index (χ0n) is 13.6. The maximum Gasteiger partial charge on any atom is 0.285 e. The molecule has 0 N–H and O–H groups in total. The molecule has 1 aromatic carbocycles. The standard InChI is InChI=1S/C16H17FN4O4/c1-11-7-18-20(8-11)10-13-9-19(4-5-25-13)16(22)14-3-2-12(17)6-15(14)21(23)24/h2-3,6-8,13H,4-5,9-10H2,1H3/t13-/m0/s1. The second kappa shape index (κ2) is 6.98. The van der Waals surface area contributed by atoms with Gasteiger partial charge in [0.15, 0.2) is 0 Å². The minimum atomic E-state index is -0.753. The maximum absolute atomic E-state index is 13.3. The normalized spacial score (nSPS) is 17.5. The summed E-state index contributed by atoms with van der Waals surface area (Å²) in [5, 5.41) is 15.3. The third-order valence-electron chi connectivity index (χ3n) is 3.97. The number of nitrogens with zero attached hydrogens (tertiary/aromatic N) is 4. The van der Waals surface area contributed by atoms with Crippen molar-refractivity contribution < 1.29 is 18.8 Å². The van der Waals surface area contributed by atoms with Crippen LogP contribution in [0.2, 0.25) is 0 Å². The first kappa shape index (κ1) is 17.0. The van der Waals surface area contributed by atoms with E-state index >= 15 is 0 Å². The maximum atomic E-state index is 13.3. The molecule has 0 aliphatic carbocycles. The van der Waals surface area contributed by atoms with Crippen LogP contribution in [0, 0.1) is 22.9 Å². The number of amides is 1. The highest BCUT2D eigenvalue weighted by Gasteiger charge is 2.30. The second-order valence-electron chi connectivity index (χ2n) is 5.90. The lowest BCUT2D eigenvalue weighted by atomic mass is 10.1. The minimum absolute atomic E-state index is 0.123. The number of aryl methyl sites for hydroxylation is 1. The Bertz CT molecular complexity index is 807. The number of carbonyl (C=O) groups is 1. The first-order valence-electron chi connectivity index (χ1n) is 7.78. The van der Waals surface area contributed by atoms with Gasteiger partial charge in [0.05, 0.1) is 36.4 Å². The number of halogens is 1. The summed E-state index contributed by atoms with van der Waals surface area (Å²) < 4.78 is 20.6. The summed E-state index contributed by atoms with van der Waals surface area (Å²) >= 11 is 0. The van der Waals surface area contributed by atoms with Crippen LogP contribution in [0.3, 0.4) is 0 Å². The number of rotatable bonds is 4. The topological polar surface area (TPSA) is 90.5 Å². The number of nitro groups is 1. The number of benzene rings is 1. The average Bonchev–Trinajstić information content (AvgIpc) is 2.99. The van der Waals surface area contributed by atoms with Gasteiger partial charge in [-0.25, -0.2) is 4.39 Å². The molecule has 25 heavy (non-hydrogen) atoms. The molecule has 1 aliphatic rings. The molecule has 1 amide bonds. The van der Waals surface area contributed by atoms with Gasteiger partial charge in [0, 0.05) is 19.3 Å². The van der Waals surface area contributed by atoms with Crippen LogP contribution in [0.25, 0.3) is 0 Å². The Kier molecular flexibility index (Phi) is 4.75. The Hall–Kier alpha value is -2.81. The third-order valence-corrected chi connectivity index (χ3v) is 3.97. The molecule has 8 nitrogen and oxygen atoms in total. The highest BCUT2D eigenvalue weighted by Crippen LogP contribution is 2.22. The van der Waals surface area contributed by atoms with E-state index in [9.17, 15) is 19.3 Å². The molecule has 1 aliphatic heterocycles. The second-order valence-corrected chi connectivity index (χ2v) is 5.90. The molecule has 0 saturated carbocycles. The summed E-state index contributed by atoms with van der Waals surface area (Å²) in [4.78, 5) is 24.5. The van der Waals surface area contributed by atoms with Gasteiger partial charge in [-0.2, -0.15) is 5.10 Å². The van der Waals surface area contributed by atoms with E-state index in [1.54, 1.807) is 10.9 Å². The van der Waals surface area contributed by atoms with Crippen LogP contribution in [0.4, 0.5) is 10.1 Å². The first-order chi connectivity index (χ1) is 11.9. The molecule has 2 aromatic rings. The number of aromatic nitrogens is 2. The highest BCUT2D eigenvalue weighted by molar-refractivity contribution is 5.98. The van der Waals surface area contributed by atoms with Crippen molar-refractivity contribution in [3.63, 3.8) is 0 Å². The Labute approximate surface area is 142 Å². The van der Waals surface area contributed by atoms with Crippen molar-refractivity contribution in [2.75, 3.05) is 19.7 Å². The van der Waals surface area contributed by atoms with E-state index in [1.807, 2.05) is 13.1 Å². The van der Waals surface area contributed by atoms with Crippen LogP contribution in [0.5, 0.6) is 0 Å². The van der Waals surface area contributed by atoms with Gasteiger partial charge in [0.2, 0.25) is 0 Å². The van der Waals surface area contributed by atoms with Gasteiger partial charge in [0.25, 0.3) is 11.6 Å². The van der Waals surface area contributed by atoms with E-state index in [2.05, 4.69) is 5.10 Å². The van der Waals surface area contributed by atoms with E-state index in [4.69, 9.17) is 4.74 Å². The van der Waals surface area contributed by atoms with E-state index in [-0.39, 0.29) is 18.2 Å². The van der Waals surface area contributed by atoms with Crippen LogP contribution in [-0.4, -0.2) is 51.3 Å². The Morgan fingerprint density at radius 3 is 3.00 bits per heavy atom. The molecule has 132 valence electrons. The zero-order valence-corrected chi connectivity index (χ0v) is 13.6. The molecule has 9 heteroatoms. The number of hydrogen-bond donors (Lipinski definition) is 0. The smallest absolute Gasteiger partial charge is 0.285 e. The predicted molar refractivity (Wildman–Crippen MR) is 85.7 cm³/mol. The predicted octanol–water partition coefficient (Wildman–Crippen LogP) is 1.78. The first-order valence-corrected chi connectivity index (χ1v) is 7.78. The molecule has 0 radical (unpaired) electrons. The Balaban J connectivity index is 1.75. The van der Waals surface area contributed by atoms with Crippen molar-refractivity contribution in [1.29, 1.82) is 0 Å². The monoisotopic (exact) mass is 348 g/mol. The summed E-state index contributed by atoms with van der Waals surface area (Å²) in [6, 6.07) is 2.96. The van der Waals surface area contributed by atoms with Gasteiger partial charge in [0.1, 0.15) is 11.4 Å². The van der Waals surface area contributed by atoms with Crippen molar-refractivity contribution in [3.05, 3.63) is 57.7 Å². The molecule has 1 fully saturated rings. The van der Waals surface area contributed by atoms with E-state index < -0.39 is 22.3 Å². The molecule has 1 aromatic heterocycles. The summed E-state index contributed by atoms with van der Waals surface area (Å²) in [5.41, 5.74) is 0.364. The van der Waals surface area contributed by atoms with Crippen molar-refractivity contribution >= 4 is 11.6 Å². The third kappa shape index (κ3) is 3.82. The molecule has 0 spiro atoms. The van der Waals surface area contributed by atoms with Gasteiger partial charge in [-0.15, -0.1) is 0 Å². The molecule has 1 atom stereocenters. The van der Waals surface area contributed by atoms with Crippen LogP contribution < -0.4 is 0 Å². The molecule has 3 rings (SSSR count). The Morgan fingerprint density at radius 1 is 1.52 bits per heavy atom. The lowest BCUT2D eigenvalue weighted by Gasteiger charge is -2.32. The fraction of sp³-hybridized carbons (Fsp3) is 0.375. The summed E-state index contributed by atoms with van der Waals surface area (Å²) in [6.07, 6.45) is 3.33. The van der Waals surface area contributed by atoms with Gasteiger partial charge in [-0.1, -0.05) is 0 Å². The number of morpholine rings is 1. The molecular formula is C16H17FN4O4. The van der Waals surface area contributed by atoms with Gasteiger partial charge >= 0.3 is 0 Å². The van der Waals surface area contributed by atoms with E-state index in [1.165, 1.54) is 4.90 Å². The quantitative estimate of drug-likeness (QED) is 0.620. The van der Waals surface area contributed by atoms with Crippen LogP contribution in [0.15, 0.2) is 30.6 Å². The van der Waals surface area contributed by atoms with Crippen molar-refractivity contribution in [2.45, 2.75) is 19.6 Å². The van der Waals surface area contributed by atoms with Gasteiger partial charge in [-0.05, 0) is 24.6 Å². The molecule has 0 unspecified atom stereocenters. The molecule has 1 saturated heterocycles. The average molecular weight is 348 g/mol. The molecule has 0 bridgehead atoms. The fourth-order valence-electron chi connectivity index (χ4n) is 2.80.